The Morgan fingerprint density at radius 3 is 1.65 bits per heavy atom. The van der Waals surface area contributed by atoms with Crippen molar-refractivity contribution in [1.82, 2.24) is 9.97 Å². The van der Waals surface area contributed by atoms with Crippen molar-refractivity contribution >= 4 is 0 Å². The summed E-state index contributed by atoms with van der Waals surface area (Å²) >= 11 is 0. The van der Waals surface area contributed by atoms with Gasteiger partial charge < -0.3 is 0 Å². The minimum Gasteiger partial charge on any atom is -0.260 e. The summed E-state index contributed by atoms with van der Waals surface area (Å²) in [6.07, 6.45) is 3.71. The van der Waals surface area contributed by atoms with Crippen molar-refractivity contribution in [3.8, 4) is 11.1 Å². The van der Waals surface area contributed by atoms with Crippen molar-refractivity contribution in [2.24, 2.45) is 0 Å². The van der Waals surface area contributed by atoms with E-state index in [4.69, 9.17) is 0 Å². The maximum Gasteiger partial charge on any atom is 0.0598 e. The molecule has 2 aromatic rings. The fraction of sp³-hybridized carbons (Fsp3) is 0.333. The molecule has 0 amide bonds. The first-order valence-electron chi connectivity index (χ1n) is 6.12. The van der Waals surface area contributed by atoms with Crippen molar-refractivity contribution in [3.63, 3.8) is 0 Å². The molecule has 0 atom stereocenters. The zero-order valence-corrected chi connectivity index (χ0v) is 10.9. The Labute approximate surface area is 103 Å². The molecule has 0 saturated heterocycles. The maximum atomic E-state index is 4.49. The van der Waals surface area contributed by atoms with Gasteiger partial charge in [0, 0.05) is 23.5 Å². The molecular weight excluding hydrogens is 208 g/mol. The highest BCUT2D eigenvalue weighted by molar-refractivity contribution is 5.77. The summed E-state index contributed by atoms with van der Waals surface area (Å²) in [6.45, 7) is 8.36. The SMILES string of the molecule is CC.CC1(C)c2ncccc2-c2cccnc21. The summed E-state index contributed by atoms with van der Waals surface area (Å²) in [5.74, 6) is 0. The number of fused-ring (bicyclic) bond motifs is 3. The largest absolute Gasteiger partial charge is 0.260 e. The van der Waals surface area contributed by atoms with Crippen molar-refractivity contribution in [1.29, 1.82) is 0 Å². The van der Waals surface area contributed by atoms with Gasteiger partial charge in [0.05, 0.1) is 16.8 Å². The Morgan fingerprint density at radius 1 is 0.824 bits per heavy atom. The average Bonchev–Trinajstić information content (AvgIpc) is 2.63. The van der Waals surface area contributed by atoms with Gasteiger partial charge in [0.15, 0.2) is 0 Å². The number of pyridine rings is 2. The van der Waals surface area contributed by atoms with Gasteiger partial charge >= 0.3 is 0 Å². The number of hydrogen-bond donors (Lipinski definition) is 0. The van der Waals surface area contributed by atoms with E-state index >= 15 is 0 Å². The second-order valence-corrected chi connectivity index (χ2v) is 4.42. The van der Waals surface area contributed by atoms with Gasteiger partial charge in [-0.05, 0) is 26.0 Å². The Bertz CT molecular complexity index is 482. The number of nitrogens with zero attached hydrogens (tertiary/aromatic N) is 2. The quantitative estimate of drug-likeness (QED) is 0.682. The van der Waals surface area contributed by atoms with E-state index in [-0.39, 0.29) is 5.41 Å². The molecule has 17 heavy (non-hydrogen) atoms. The molecule has 1 aliphatic rings. The molecule has 0 spiro atoms. The highest BCUT2D eigenvalue weighted by Gasteiger charge is 2.37. The highest BCUT2D eigenvalue weighted by atomic mass is 14.8. The van der Waals surface area contributed by atoms with E-state index in [1.165, 1.54) is 11.1 Å². The summed E-state index contributed by atoms with van der Waals surface area (Å²) in [7, 11) is 0. The van der Waals surface area contributed by atoms with Crippen LogP contribution in [0.3, 0.4) is 0 Å². The molecule has 88 valence electrons. The minimum atomic E-state index is -0.0623. The van der Waals surface area contributed by atoms with Crippen LogP contribution in [0.15, 0.2) is 36.7 Å². The van der Waals surface area contributed by atoms with Crippen LogP contribution in [0.4, 0.5) is 0 Å². The highest BCUT2D eigenvalue weighted by Crippen LogP contribution is 2.45. The normalized spacial score (nSPS) is 14.4. The summed E-state index contributed by atoms with van der Waals surface area (Å²) in [5, 5.41) is 0. The van der Waals surface area contributed by atoms with E-state index in [0.717, 1.165) is 11.4 Å². The predicted octanol–water partition coefficient (Wildman–Crippen LogP) is 3.81. The van der Waals surface area contributed by atoms with Crippen molar-refractivity contribution in [3.05, 3.63) is 48.0 Å². The van der Waals surface area contributed by atoms with Crippen LogP contribution in [-0.2, 0) is 5.41 Å². The fourth-order valence-corrected chi connectivity index (χ4v) is 2.35. The van der Waals surface area contributed by atoms with E-state index in [9.17, 15) is 0 Å². The fourth-order valence-electron chi connectivity index (χ4n) is 2.35. The summed E-state index contributed by atoms with van der Waals surface area (Å²) in [6, 6.07) is 8.21. The molecule has 2 nitrogen and oxygen atoms in total. The van der Waals surface area contributed by atoms with Gasteiger partial charge in [0.2, 0.25) is 0 Å². The Kier molecular flexibility index (Phi) is 2.97. The van der Waals surface area contributed by atoms with Gasteiger partial charge in [-0.3, -0.25) is 9.97 Å². The van der Waals surface area contributed by atoms with E-state index < -0.39 is 0 Å². The van der Waals surface area contributed by atoms with Crippen molar-refractivity contribution in [2.45, 2.75) is 33.1 Å². The molecule has 3 rings (SSSR count). The van der Waals surface area contributed by atoms with Gasteiger partial charge in [-0.2, -0.15) is 0 Å². The van der Waals surface area contributed by atoms with Crippen LogP contribution in [0.25, 0.3) is 11.1 Å². The molecule has 0 unspecified atom stereocenters. The average molecular weight is 226 g/mol. The first kappa shape index (κ1) is 11.8. The van der Waals surface area contributed by atoms with Crippen molar-refractivity contribution in [2.75, 3.05) is 0 Å². The lowest BCUT2D eigenvalue weighted by Gasteiger charge is -2.18. The Balaban J connectivity index is 0.000000514. The number of rotatable bonds is 0. The third kappa shape index (κ3) is 1.64. The second-order valence-electron chi connectivity index (χ2n) is 4.42. The van der Waals surface area contributed by atoms with E-state index in [2.05, 4.69) is 35.9 Å². The smallest absolute Gasteiger partial charge is 0.0598 e. The minimum absolute atomic E-state index is 0.0623. The van der Waals surface area contributed by atoms with Gasteiger partial charge in [-0.15, -0.1) is 0 Å². The van der Waals surface area contributed by atoms with E-state index in [1.54, 1.807) is 0 Å². The zero-order chi connectivity index (χ0) is 12.5. The molecule has 0 bridgehead atoms. The summed E-state index contributed by atoms with van der Waals surface area (Å²) in [4.78, 5) is 8.97. The summed E-state index contributed by atoms with van der Waals surface area (Å²) < 4.78 is 0. The lowest BCUT2D eigenvalue weighted by molar-refractivity contribution is 0.616. The van der Waals surface area contributed by atoms with Crippen LogP contribution in [0, 0.1) is 0 Å². The van der Waals surface area contributed by atoms with Crippen LogP contribution in [-0.4, -0.2) is 9.97 Å². The molecule has 2 aromatic heterocycles. The van der Waals surface area contributed by atoms with Gasteiger partial charge in [0.1, 0.15) is 0 Å². The summed E-state index contributed by atoms with van der Waals surface area (Å²) in [5.41, 5.74) is 4.67. The van der Waals surface area contributed by atoms with Crippen LogP contribution < -0.4 is 0 Å². The second kappa shape index (κ2) is 4.28. The lowest BCUT2D eigenvalue weighted by Crippen LogP contribution is -2.17. The Hall–Kier alpha value is -1.70. The molecule has 0 aliphatic heterocycles. The van der Waals surface area contributed by atoms with Crippen LogP contribution in [0.5, 0.6) is 0 Å². The topological polar surface area (TPSA) is 25.8 Å². The first-order chi connectivity index (χ1) is 8.21. The third-order valence-electron chi connectivity index (χ3n) is 3.09. The molecule has 0 saturated carbocycles. The molecular formula is C15H18N2. The predicted molar refractivity (Wildman–Crippen MR) is 70.9 cm³/mol. The number of aromatic nitrogens is 2. The monoisotopic (exact) mass is 226 g/mol. The maximum absolute atomic E-state index is 4.49. The Morgan fingerprint density at radius 2 is 1.24 bits per heavy atom. The van der Waals surface area contributed by atoms with Gasteiger partial charge in [0.25, 0.3) is 0 Å². The standard InChI is InChI=1S/C13H12N2.C2H6/c1-13(2)11-9(5-3-7-14-11)10-6-4-8-15-12(10)13;1-2/h3-8H,1-2H3;1-2H3. The van der Waals surface area contributed by atoms with Crippen LogP contribution in [0.1, 0.15) is 39.1 Å². The molecule has 0 fully saturated rings. The molecule has 2 heterocycles. The number of hydrogen-bond acceptors (Lipinski definition) is 2. The van der Waals surface area contributed by atoms with Crippen LogP contribution >= 0.6 is 0 Å². The lowest BCUT2D eigenvalue weighted by atomic mass is 9.89. The molecule has 0 radical (unpaired) electrons. The molecule has 2 heteroatoms. The van der Waals surface area contributed by atoms with Gasteiger partial charge in [-0.1, -0.05) is 26.0 Å². The van der Waals surface area contributed by atoms with E-state index in [1.807, 2.05) is 38.4 Å². The molecule has 0 N–H and O–H groups in total. The molecule has 0 aromatic carbocycles. The van der Waals surface area contributed by atoms with E-state index in [0.29, 0.717) is 0 Å². The van der Waals surface area contributed by atoms with Gasteiger partial charge in [-0.25, -0.2) is 0 Å². The van der Waals surface area contributed by atoms with Crippen molar-refractivity contribution < 1.29 is 0 Å². The van der Waals surface area contributed by atoms with Crippen LogP contribution in [0.2, 0.25) is 0 Å². The third-order valence-corrected chi connectivity index (χ3v) is 3.09. The zero-order valence-electron chi connectivity index (χ0n) is 10.9. The first-order valence-corrected chi connectivity index (χ1v) is 6.12. The molecule has 1 aliphatic carbocycles.